The van der Waals surface area contributed by atoms with Gasteiger partial charge >= 0.3 is 0 Å². The Kier molecular flexibility index (Phi) is 4.85. The van der Waals surface area contributed by atoms with Gasteiger partial charge in [-0.1, -0.05) is 18.2 Å². The number of para-hydroxylation sites is 1. The Morgan fingerprint density at radius 2 is 1.84 bits per heavy atom. The average molecular weight is 336 g/mol. The number of rotatable bonds is 5. The summed E-state index contributed by atoms with van der Waals surface area (Å²) in [7, 11) is 0. The highest BCUT2D eigenvalue weighted by molar-refractivity contribution is 5.92. The van der Waals surface area contributed by atoms with E-state index in [1.54, 1.807) is 12.4 Å². The Morgan fingerprint density at radius 1 is 1.16 bits per heavy atom. The van der Waals surface area contributed by atoms with Crippen molar-refractivity contribution in [3.63, 3.8) is 0 Å². The molecular weight excluding hydrogens is 316 g/mol. The van der Waals surface area contributed by atoms with Crippen LogP contribution in [0.1, 0.15) is 22.8 Å². The van der Waals surface area contributed by atoms with Crippen molar-refractivity contribution in [2.24, 2.45) is 5.73 Å². The van der Waals surface area contributed by atoms with Crippen molar-refractivity contribution in [2.75, 3.05) is 5.32 Å². The molecule has 0 saturated heterocycles. The maximum Gasteiger partial charge on any atom is 0.229 e. The van der Waals surface area contributed by atoms with E-state index in [0.29, 0.717) is 11.5 Å². The summed E-state index contributed by atoms with van der Waals surface area (Å²) < 4.78 is 1.86. The molecule has 128 valence electrons. The van der Waals surface area contributed by atoms with Gasteiger partial charge in [0.25, 0.3) is 0 Å². The van der Waals surface area contributed by atoms with E-state index in [1.165, 1.54) is 0 Å². The fraction of sp³-hybridized carbons (Fsp3) is 0.222. The lowest BCUT2D eigenvalue weighted by atomic mass is 10.1. The van der Waals surface area contributed by atoms with Crippen molar-refractivity contribution in [2.45, 2.75) is 26.8 Å². The largest absolute Gasteiger partial charge is 0.324 e. The number of hydrogen-bond acceptors (Lipinski definition) is 5. The molecular formula is C18H20N6O. The number of aryl methyl sites for hydroxylation is 1. The summed E-state index contributed by atoms with van der Waals surface area (Å²) in [6.07, 6.45) is 3.35. The van der Waals surface area contributed by atoms with Gasteiger partial charge in [0.15, 0.2) is 0 Å². The summed E-state index contributed by atoms with van der Waals surface area (Å²) in [6, 6.07) is 9.85. The normalized spacial score (nSPS) is 10.7. The van der Waals surface area contributed by atoms with Gasteiger partial charge < -0.3 is 11.1 Å². The second-order valence-corrected chi connectivity index (χ2v) is 5.71. The highest BCUT2D eigenvalue weighted by atomic mass is 16.1. The molecule has 3 rings (SSSR count). The third-order valence-corrected chi connectivity index (χ3v) is 3.95. The minimum atomic E-state index is -0.136. The quantitative estimate of drug-likeness (QED) is 0.741. The number of anilines is 1. The molecule has 0 unspecified atom stereocenters. The number of nitrogens with two attached hydrogens (primary N) is 1. The summed E-state index contributed by atoms with van der Waals surface area (Å²) in [5.74, 6) is 0.400. The standard InChI is InChI=1S/C18H20N6O/c1-12-16(13(2)24(23-12)15-6-4-3-5-7-15)8-18(25)22-14-10-20-17(9-19)21-11-14/h3-7,10-11H,8-9,19H2,1-2H3,(H,22,25). The van der Waals surface area contributed by atoms with Crippen LogP contribution in [-0.2, 0) is 17.8 Å². The van der Waals surface area contributed by atoms with Gasteiger partial charge in [-0.15, -0.1) is 0 Å². The average Bonchev–Trinajstić information content (AvgIpc) is 2.91. The van der Waals surface area contributed by atoms with Crippen LogP contribution in [0.2, 0.25) is 0 Å². The van der Waals surface area contributed by atoms with E-state index in [-0.39, 0.29) is 18.9 Å². The van der Waals surface area contributed by atoms with Gasteiger partial charge in [0.1, 0.15) is 5.82 Å². The Balaban J connectivity index is 1.76. The van der Waals surface area contributed by atoms with Crippen LogP contribution in [0.4, 0.5) is 5.69 Å². The first-order chi connectivity index (χ1) is 12.1. The zero-order chi connectivity index (χ0) is 17.8. The number of amides is 1. The Hall–Kier alpha value is -3.06. The lowest BCUT2D eigenvalue weighted by Crippen LogP contribution is -2.16. The molecule has 2 heterocycles. The first-order valence-electron chi connectivity index (χ1n) is 8.00. The molecule has 0 spiro atoms. The number of carbonyl (C=O) groups is 1. The van der Waals surface area contributed by atoms with Crippen molar-refractivity contribution in [1.82, 2.24) is 19.7 Å². The molecule has 1 aromatic carbocycles. The molecule has 0 atom stereocenters. The van der Waals surface area contributed by atoms with Crippen molar-refractivity contribution in [3.05, 3.63) is 65.5 Å². The molecule has 3 N–H and O–H groups in total. The summed E-state index contributed by atoms with van der Waals surface area (Å²) in [5, 5.41) is 7.36. The van der Waals surface area contributed by atoms with Gasteiger partial charge in [-0.05, 0) is 26.0 Å². The van der Waals surface area contributed by atoms with Gasteiger partial charge in [0.2, 0.25) is 5.91 Å². The van der Waals surface area contributed by atoms with E-state index in [4.69, 9.17) is 5.73 Å². The molecule has 3 aromatic rings. The fourth-order valence-corrected chi connectivity index (χ4v) is 2.64. The molecule has 0 saturated carbocycles. The first kappa shape index (κ1) is 16.8. The van der Waals surface area contributed by atoms with E-state index >= 15 is 0 Å². The summed E-state index contributed by atoms with van der Waals surface area (Å²) in [5.41, 5.74) is 9.70. The minimum Gasteiger partial charge on any atom is -0.324 e. The van der Waals surface area contributed by atoms with Crippen LogP contribution in [0.15, 0.2) is 42.7 Å². The molecule has 1 amide bonds. The van der Waals surface area contributed by atoms with E-state index in [9.17, 15) is 4.79 Å². The number of aromatic nitrogens is 4. The minimum absolute atomic E-state index is 0.136. The Bertz CT molecular complexity index is 871. The maximum atomic E-state index is 12.4. The molecule has 0 aliphatic rings. The topological polar surface area (TPSA) is 98.7 Å². The second-order valence-electron chi connectivity index (χ2n) is 5.71. The van der Waals surface area contributed by atoms with Gasteiger partial charge in [0.05, 0.1) is 42.4 Å². The van der Waals surface area contributed by atoms with Crippen LogP contribution in [0.3, 0.4) is 0 Å². The Labute approximate surface area is 145 Å². The van der Waals surface area contributed by atoms with Gasteiger partial charge in [0, 0.05) is 11.3 Å². The fourth-order valence-electron chi connectivity index (χ4n) is 2.64. The molecule has 7 heteroatoms. The van der Waals surface area contributed by atoms with Crippen molar-refractivity contribution < 1.29 is 4.79 Å². The zero-order valence-electron chi connectivity index (χ0n) is 14.2. The third kappa shape index (κ3) is 3.72. The monoisotopic (exact) mass is 336 g/mol. The molecule has 2 aromatic heterocycles. The van der Waals surface area contributed by atoms with E-state index in [0.717, 1.165) is 22.6 Å². The first-order valence-corrected chi connectivity index (χ1v) is 8.00. The predicted octanol–water partition coefficient (Wildman–Crippen LogP) is 1.92. The highest BCUT2D eigenvalue weighted by Gasteiger charge is 2.16. The van der Waals surface area contributed by atoms with Crippen LogP contribution in [-0.4, -0.2) is 25.7 Å². The SMILES string of the molecule is Cc1nn(-c2ccccc2)c(C)c1CC(=O)Nc1cnc(CN)nc1. The highest BCUT2D eigenvalue weighted by Crippen LogP contribution is 2.18. The van der Waals surface area contributed by atoms with Crippen molar-refractivity contribution in [3.8, 4) is 5.69 Å². The van der Waals surface area contributed by atoms with Crippen LogP contribution < -0.4 is 11.1 Å². The second kappa shape index (κ2) is 7.23. The number of nitrogens with zero attached hydrogens (tertiary/aromatic N) is 4. The van der Waals surface area contributed by atoms with Gasteiger partial charge in [-0.25, -0.2) is 14.6 Å². The molecule has 0 aliphatic heterocycles. The van der Waals surface area contributed by atoms with E-state index < -0.39 is 0 Å². The molecule has 0 bridgehead atoms. The summed E-state index contributed by atoms with van der Waals surface area (Å²) >= 11 is 0. The van der Waals surface area contributed by atoms with E-state index in [1.807, 2.05) is 48.9 Å². The molecule has 7 nitrogen and oxygen atoms in total. The van der Waals surface area contributed by atoms with Crippen LogP contribution in [0.5, 0.6) is 0 Å². The molecule has 0 radical (unpaired) electrons. The Morgan fingerprint density at radius 3 is 2.48 bits per heavy atom. The van der Waals surface area contributed by atoms with Crippen LogP contribution in [0, 0.1) is 13.8 Å². The lowest BCUT2D eigenvalue weighted by Gasteiger charge is -2.07. The van der Waals surface area contributed by atoms with Crippen molar-refractivity contribution in [1.29, 1.82) is 0 Å². The predicted molar refractivity (Wildman–Crippen MR) is 95.3 cm³/mol. The number of carbonyl (C=O) groups excluding carboxylic acids is 1. The van der Waals surface area contributed by atoms with Crippen LogP contribution in [0.25, 0.3) is 5.69 Å². The van der Waals surface area contributed by atoms with Crippen LogP contribution >= 0.6 is 0 Å². The smallest absolute Gasteiger partial charge is 0.229 e. The van der Waals surface area contributed by atoms with Gasteiger partial charge in [-0.3, -0.25) is 4.79 Å². The van der Waals surface area contributed by atoms with Crippen molar-refractivity contribution >= 4 is 11.6 Å². The molecule has 25 heavy (non-hydrogen) atoms. The zero-order valence-corrected chi connectivity index (χ0v) is 14.2. The number of benzene rings is 1. The van der Waals surface area contributed by atoms with E-state index in [2.05, 4.69) is 20.4 Å². The number of hydrogen-bond donors (Lipinski definition) is 2. The molecule has 0 aliphatic carbocycles. The summed E-state index contributed by atoms with van der Waals surface area (Å²) in [4.78, 5) is 20.5. The number of nitrogens with one attached hydrogen (secondary N) is 1. The third-order valence-electron chi connectivity index (χ3n) is 3.95. The maximum absolute atomic E-state index is 12.4. The molecule has 0 fully saturated rings. The summed E-state index contributed by atoms with van der Waals surface area (Å²) in [6.45, 7) is 4.15. The lowest BCUT2D eigenvalue weighted by molar-refractivity contribution is -0.115. The van der Waals surface area contributed by atoms with Gasteiger partial charge in [-0.2, -0.15) is 5.10 Å².